The fourth-order valence-corrected chi connectivity index (χ4v) is 1.82. The van der Waals surface area contributed by atoms with Crippen LogP contribution in [0.3, 0.4) is 0 Å². The molecule has 0 spiro atoms. The molecule has 0 radical (unpaired) electrons. The minimum Gasteiger partial charge on any atom is -0.466 e. The van der Waals surface area contributed by atoms with Crippen LogP contribution in [-0.2, 0) is 20.9 Å². The Balaban J connectivity index is 1.85. The lowest BCUT2D eigenvalue weighted by molar-refractivity contribution is -0.144. The van der Waals surface area contributed by atoms with Gasteiger partial charge in [-0.25, -0.2) is 4.68 Å². The van der Waals surface area contributed by atoms with Crippen LogP contribution in [0.5, 0.6) is 0 Å². The summed E-state index contributed by atoms with van der Waals surface area (Å²) in [6.45, 7) is 2.62. The molecule has 1 amide bonds. The lowest BCUT2D eigenvalue weighted by atomic mass is 10.3. The van der Waals surface area contributed by atoms with Gasteiger partial charge in [-0.1, -0.05) is 0 Å². The molecule has 19 heavy (non-hydrogen) atoms. The van der Waals surface area contributed by atoms with E-state index in [1.165, 1.54) is 11.0 Å². The van der Waals surface area contributed by atoms with Gasteiger partial charge in [-0.15, -0.1) is 5.10 Å². The van der Waals surface area contributed by atoms with Crippen molar-refractivity contribution >= 4 is 11.9 Å². The lowest BCUT2D eigenvalue weighted by Crippen LogP contribution is -2.37. The van der Waals surface area contributed by atoms with Crippen molar-refractivity contribution in [3.63, 3.8) is 0 Å². The zero-order valence-corrected chi connectivity index (χ0v) is 10.9. The van der Waals surface area contributed by atoms with Crippen LogP contribution < -0.4 is 0 Å². The molecule has 0 aliphatic heterocycles. The summed E-state index contributed by atoms with van der Waals surface area (Å²) in [7, 11) is 0. The highest BCUT2D eigenvalue weighted by Gasteiger charge is 2.32. The highest BCUT2D eigenvalue weighted by molar-refractivity contribution is 5.77. The number of hydrogen-bond acceptors (Lipinski definition) is 6. The summed E-state index contributed by atoms with van der Waals surface area (Å²) in [6, 6.07) is 0.249. The Morgan fingerprint density at radius 1 is 1.47 bits per heavy atom. The molecular formula is C11H17N5O3. The van der Waals surface area contributed by atoms with E-state index in [-0.39, 0.29) is 30.9 Å². The minimum atomic E-state index is -0.275. The van der Waals surface area contributed by atoms with Crippen molar-refractivity contribution in [3.8, 4) is 0 Å². The van der Waals surface area contributed by atoms with Gasteiger partial charge in [0.05, 0.1) is 13.0 Å². The van der Waals surface area contributed by atoms with Gasteiger partial charge in [0.15, 0.2) is 0 Å². The van der Waals surface area contributed by atoms with Crippen molar-refractivity contribution in [2.75, 3.05) is 13.2 Å². The maximum atomic E-state index is 12.1. The highest BCUT2D eigenvalue weighted by Crippen LogP contribution is 2.27. The van der Waals surface area contributed by atoms with Crippen LogP contribution in [0.4, 0.5) is 0 Å². The molecule has 0 aromatic carbocycles. The fraction of sp³-hybridized carbons (Fsp3) is 0.727. The number of amides is 1. The van der Waals surface area contributed by atoms with Gasteiger partial charge in [-0.3, -0.25) is 9.59 Å². The molecule has 1 aromatic heterocycles. The molecule has 1 aromatic rings. The van der Waals surface area contributed by atoms with E-state index < -0.39 is 0 Å². The molecule has 1 aliphatic carbocycles. The van der Waals surface area contributed by atoms with Crippen molar-refractivity contribution in [3.05, 3.63) is 6.33 Å². The van der Waals surface area contributed by atoms with E-state index in [2.05, 4.69) is 15.5 Å². The van der Waals surface area contributed by atoms with Crippen LogP contribution in [0.2, 0.25) is 0 Å². The Bertz CT molecular complexity index is 430. The first-order valence-corrected chi connectivity index (χ1v) is 6.36. The second-order valence-electron chi connectivity index (χ2n) is 4.38. The number of carbonyl (C=O) groups is 2. The van der Waals surface area contributed by atoms with Gasteiger partial charge in [0, 0.05) is 12.6 Å². The van der Waals surface area contributed by atoms with Gasteiger partial charge in [0.25, 0.3) is 0 Å². The maximum Gasteiger partial charge on any atom is 0.307 e. The number of nitrogens with zero attached hydrogens (tertiary/aromatic N) is 5. The number of ether oxygens (including phenoxy) is 1. The number of aromatic nitrogens is 4. The molecule has 1 aliphatic rings. The van der Waals surface area contributed by atoms with Crippen LogP contribution in [-0.4, -0.2) is 56.2 Å². The maximum absolute atomic E-state index is 12.1. The number of carbonyl (C=O) groups excluding carboxylic acids is 2. The number of esters is 1. The van der Waals surface area contributed by atoms with E-state index in [1.807, 2.05) is 0 Å². The van der Waals surface area contributed by atoms with E-state index in [0.717, 1.165) is 12.8 Å². The average Bonchev–Trinajstić information content (AvgIpc) is 3.08. The van der Waals surface area contributed by atoms with Crippen LogP contribution in [0.1, 0.15) is 26.2 Å². The van der Waals surface area contributed by atoms with Crippen LogP contribution >= 0.6 is 0 Å². The zero-order chi connectivity index (χ0) is 13.7. The predicted octanol–water partition coefficient (Wildman–Crippen LogP) is -0.383. The molecule has 0 atom stereocenters. The molecular weight excluding hydrogens is 250 g/mol. The molecule has 1 saturated carbocycles. The summed E-state index contributed by atoms with van der Waals surface area (Å²) in [5.41, 5.74) is 0. The summed E-state index contributed by atoms with van der Waals surface area (Å²) in [4.78, 5) is 25.2. The van der Waals surface area contributed by atoms with Crippen molar-refractivity contribution < 1.29 is 14.3 Å². The number of hydrogen-bond donors (Lipinski definition) is 0. The molecule has 8 heteroatoms. The third kappa shape index (κ3) is 4.01. The van der Waals surface area contributed by atoms with E-state index >= 15 is 0 Å². The Hall–Kier alpha value is -1.99. The first-order chi connectivity index (χ1) is 9.20. The predicted molar refractivity (Wildman–Crippen MR) is 63.8 cm³/mol. The molecule has 2 rings (SSSR count). The molecule has 1 heterocycles. The molecule has 0 saturated heterocycles. The molecule has 0 unspecified atom stereocenters. The van der Waals surface area contributed by atoms with Gasteiger partial charge >= 0.3 is 5.97 Å². The zero-order valence-electron chi connectivity index (χ0n) is 10.9. The Kier molecular flexibility index (Phi) is 4.43. The second kappa shape index (κ2) is 6.26. The Morgan fingerprint density at radius 3 is 2.84 bits per heavy atom. The van der Waals surface area contributed by atoms with E-state index in [1.54, 1.807) is 11.8 Å². The van der Waals surface area contributed by atoms with Crippen molar-refractivity contribution in [1.82, 2.24) is 25.1 Å². The third-order valence-corrected chi connectivity index (χ3v) is 2.86. The van der Waals surface area contributed by atoms with Crippen LogP contribution in [0, 0.1) is 0 Å². The van der Waals surface area contributed by atoms with Crippen LogP contribution in [0.15, 0.2) is 6.33 Å². The van der Waals surface area contributed by atoms with E-state index in [4.69, 9.17) is 4.74 Å². The summed E-state index contributed by atoms with van der Waals surface area (Å²) in [5, 5.41) is 10.6. The highest BCUT2D eigenvalue weighted by atomic mass is 16.5. The fourth-order valence-electron chi connectivity index (χ4n) is 1.82. The van der Waals surface area contributed by atoms with E-state index in [0.29, 0.717) is 13.2 Å². The number of rotatable bonds is 7. The van der Waals surface area contributed by atoms with Gasteiger partial charge in [-0.05, 0) is 30.2 Å². The summed E-state index contributed by atoms with van der Waals surface area (Å²) in [5.74, 6) is -0.345. The second-order valence-corrected chi connectivity index (χ2v) is 4.38. The van der Waals surface area contributed by atoms with Crippen molar-refractivity contribution in [2.45, 2.75) is 38.8 Å². The van der Waals surface area contributed by atoms with Gasteiger partial charge < -0.3 is 9.64 Å². The standard InChI is InChI=1S/C11H17N5O3/c1-2-19-11(18)5-6-16(9-3-4-9)10(17)7-15-8-12-13-14-15/h8-9H,2-7H2,1H3. The van der Waals surface area contributed by atoms with Gasteiger partial charge in [0.2, 0.25) is 5.91 Å². The summed E-state index contributed by atoms with van der Waals surface area (Å²) in [6.07, 6.45) is 3.61. The lowest BCUT2D eigenvalue weighted by Gasteiger charge is -2.21. The monoisotopic (exact) mass is 267 g/mol. The first-order valence-electron chi connectivity index (χ1n) is 6.36. The third-order valence-electron chi connectivity index (χ3n) is 2.86. The van der Waals surface area contributed by atoms with Gasteiger partial charge in [-0.2, -0.15) is 0 Å². The normalized spacial score (nSPS) is 14.2. The summed E-state index contributed by atoms with van der Waals surface area (Å²) >= 11 is 0. The first kappa shape index (κ1) is 13.4. The largest absolute Gasteiger partial charge is 0.466 e. The molecule has 1 fully saturated rings. The molecule has 0 bridgehead atoms. The average molecular weight is 267 g/mol. The molecule has 0 N–H and O–H groups in total. The van der Waals surface area contributed by atoms with E-state index in [9.17, 15) is 9.59 Å². The van der Waals surface area contributed by atoms with Crippen molar-refractivity contribution in [1.29, 1.82) is 0 Å². The topological polar surface area (TPSA) is 90.2 Å². The molecule has 104 valence electrons. The van der Waals surface area contributed by atoms with Gasteiger partial charge in [0.1, 0.15) is 12.9 Å². The number of tetrazole rings is 1. The van der Waals surface area contributed by atoms with Crippen LogP contribution in [0.25, 0.3) is 0 Å². The quantitative estimate of drug-likeness (QED) is 0.625. The molecule has 8 nitrogen and oxygen atoms in total. The Labute approximate surface area is 110 Å². The minimum absolute atomic E-state index is 0.0703. The Morgan fingerprint density at radius 2 is 2.26 bits per heavy atom. The smallest absolute Gasteiger partial charge is 0.307 e. The van der Waals surface area contributed by atoms with Crippen molar-refractivity contribution in [2.24, 2.45) is 0 Å². The SMILES string of the molecule is CCOC(=O)CCN(C(=O)Cn1cnnn1)C1CC1. The summed E-state index contributed by atoms with van der Waals surface area (Å²) < 4.78 is 6.24.